The summed E-state index contributed by atoms with van der Waals surface area (Å²) >= 11 is 0. The van der Waals surface area contributed by atoms with Gasteiger partial charge in [0.1, 0.15) is 12.1 Å². The molecular weight excluding hydrogens is 340 g/mol. The first-order valence-corrected chi connectivity index (χ1v) is 10.4. The molecule has 2 rings (SSSR count). The molecule has 1 fully saturated rings. The number of hydrogen-bond acceptors (Lipinski definition) is 4. The van der Waals surface area contributed by atoms with Crippen LogP contribution in [0.1, 0.15) is 65.2 Å². The fourth-order valence-corrected chi connectivity index (χ4v) is 3.61. The zero-order chi connectivity index (χ0) is 19.5. The highest BCUT2D eigenvalue weighted by Crippen LogP contribution is 2.30. The number of aromatic nitrogens is 1. The molecule has 2 atom stereocenters. The van der Waals surface area contributed by atoms with Gasteiger partial charge in [0.25, 0.3) is 0 Å². The molecule has 1 aliphatic heterocycles. The maximum Gasteiger partial charge on any atom is 0.242 e. The van der Waals surface area contributed by atoms with E-state index in [4.69, 9.17) is 0 Å². The molecule has 0 saturated carbocycles. The topological polar surface area (TPSA) is 74.3 Å². The number of rotatable bonds is 11. The number of nitrogens with one attached hydrogen (secondary N) is 2. The van der Waals surface area contributed by atoms with Crippen molar-refractivity contribution in [3.63, 3.8) is 0 Å². The SMILES string of the molecule is CCCCCNC(=O)[C@@H]1CC[C@@H](C(=O)NCCCCC)N1c1ccncc1. The lowest BCUT2D eigenvalue weighted by Crippen LogP contribution is -2.51. The molecule has 6 heteroatoms. The molecule has 1 aromatic heterocycles. The van der Waals surface area contributed by atoms with Crippen LogP contribution < -0.4 is 15.5 Å². The van der Waals surface area contributed by atoms with Crippen LogP contribution in [0, 0.1) is 0 Å². The van der Waals surface area contributed by atoms with Crippen LogP contribution >= 0.6 is 0 Å². The van der Waals surface area contributed by atoms with Crippen molar-refractivity contribution in [1.29, 1.82) is 0 Å². The number of carbonyl (C=O) groups excluding carboxylic acids is 2. The molecule has 2 heterocycles. The summed E-state index contributed by atoms with van der Waals surface area (Å²) in [5.74, 6) is 0.0356. The zero-order valence-electron chi connectivity index (χ0n) is 16.7. The quantitative estimate of drug-likeness (QED) is 0.584. The van der Waals surface area contributed by atoms with E-state index in [0.29, 0.717) is 25.9 Å². The number of amides is 2. The molecule has 0 aromatic carbocycles. The van der Waals surface area contributed by atoms with Crippen molar-refractivity contribution < 1.29 is 9.59 Å². The number of anilines is 1. The molecule has 0 aliphatic carbocycles. The zero-order valence-corrected chi connectivity index (χ0v) is 16.7. The summed E-state index contributed by atoms with van der Waals surface area (Å²) in [6.07, 6.45) is 11.3. The van der Waals surface area contributed by atoms with Gasteiger partial charge >= 0.3 is 0 Å². The van der Waals surface area contributed by atoms with E-state index in [9.17, 15) is 9.59 Å². The lowest BCUT2D eigenvalue weighted by Gasteiger charge is -2.31. The van der Waals surface area contributed by atoms with Gasteiger partial charge in [0.2, 0.25) is 11.8 Å². The molecule has 150 valence electrons. The van der Waals surface area contributed by atoms with E-state index >= 15 is 0 Å². The Labute approximate surface area is 163 Å². The van der Waals surface area contributed by atoms with Gasteiger partial charge < -0.3 is 15.5 Å². The lowest BCUT2D eigenvalue weighted by atomic mass is 10.1. The van der Waals surface area contributed by atoms with Gasteiger partial charge in [-0.2, -0.15) is 0 Å². The smallest absolute Gasteiger partial charge is 0.242 e. The summed E-state index contributed by atoms with van der Waals surface area (Å²) in [5.41, 5.74) is 0.880. The summed E-state index contributed by atoms with van der Waals surface area (Å²) in [6.45, 7) is 5.68. The van der Waals surface area contributed by atoms with Crippen LogP contribution in [0.4, 0.5) is 5.69 Å². The van der Waals surface area contributed by atoms with Crippen LogP contribution in [0.3, 0.4) is 0 Å². The molecule has 1 aromatic rings. The van der Waals surface area contributed by atoms with Gasteiger partial charge in [-0.3, -0.25) is 14.6 Å². The summed E-state index contributed by atoms with van der Waals surface area (Å²) in [7, 11) is 0. The van der Waals surface area contributed by atoms with Gasteiger partial charge in [0, 0.05) is 31.2 Å². The molecule has 0 spiro atoms. The van der Waals surface area contributed by atoms with Gasteiger partial charge in [0.05, 0.1) is 0 Å². The summed E-state index contributed by atoms with van der Waals surface area (Å²) < 4.78 is 0. The summed E-state index contributed by atoms with van der Waals surface area (Å²) in [6, 6.07) is 3.14. The normalized spacial score (nSPS) is 19.1. The van der Waals surface area contributed by atoms with Crippen LogP contribution in [-0.2, 0) is 9.59 Å². The standard InChI is InChI=1S/C21H34N4O2/c1-3-5-7-13-23-20(26)18-9-10-19(21(27)24-14-8-6-4-2)25(18)17-11-15-22-16-12-17/h11-12,15-16,18-19H,3-10,13-14H2,1-2H3,(H,23,26)(H,24,27)/t18-,19-/m0/s1. The first kappa shape index (κ1) is 21.2. The van der Waals surface area contributed by atoms with Crippen LogP contribution in [0.5, 0.6) is 0 Å². The van der Waals surface area contributed by atoms with Crippen LogP contribution in [0.2, 0.25) is 0 Å². The number of nitrogens with zero attached hydrogens (tertiary/aromatic N) is 2. The van der Waals surface area contributed by atoms with Crippen LogP contribution in [-0.4, -0.2) is 42.0 Å². The number of pyridine rings is 1. The second kappa shape index (κ2) is 11.6. The Morgan fingerprint density at radius 3 is 1.85 bits per heavy atom. The van der Waals surface area contributed by atoms with Crippen molar-refractivity contribution in [2.45, 2.75) is 77.3 Å². The number of hydrogen-bond donors (Lipinski definition) is 2. The minimum atomic E-state index is -0.305. The number of unbranched alkanes of at least 4 members (excludes halogenated alkanes) is 4. The molecule has 0 unspecified atom stereocenters. The molecule has 6 nitrogen and oxygen atoms in total. The third-order valence-electron chi connectivity index (χ3n) is 5.11. The molecule has 0 bridgehead atoms. The average Bonchev–Trinajstić information content (AvgIpc) is 3.14. The second-order valence-corrected chi connectivity index (χ2v) is 7.22. The lowest BCUT2D eigenvalue weighted by molar-refractivity contribution is -0.122. The second-order valence-electron chi connectivity index (χ2n) is 7.22. The minimum absolute atomic E-state index is 0.0178. The summed E-state index contributed by atoms with van der Waals surface area (Å²) in [4.78, 5) is 31.6. The van der Waals surface area contributed by atoms with E-state index in [1.807, 2.05) is 17.0 Å². The van der Waals surface area contributed by atoms with Crippen molar-refractivity contribution in [3.05, 3.63) is 24.5 Å². The van der Waals surface area contributed by atoms with E-state index in [0.717, 1.165) is 44.2 Å². The van der Waals surface area contributed by atoms with E-state index in [2.05, 4.69) is 29.5 Å². The number of carbonyl (C=O) groups is 2. The van der Waals surface area contributed by atoms with Crippen molar-refractivity contribution in [1.82, 2.24) is 15.6 Å². The van der Waals surface area contributed by atoms with Gasteiger partial charge in [-0.25, -0.2) is 0 Å². The summed E-state index contributed by atoms with van der Waals surface area (Å²) in [5, 5.41) is 6.10. The van der Waals surface area contributed by atoms with Crippen molar-refractivity contribution in [2.24, 2.45) is 0 Å². The molecular formula is C21H34N4O2. The third kappa shape index (κ3) is 6.22. The minimum Gasteiger partial charge on any atom is -0.354 e. The predicted molar refractivity (Wildman–Crippen MR) is 109 cm³/mol. The average molecular weight is 375 g/mol. The molecule has 1 saturated heterocycles. The van der Waals surface area contributed by atoms with Gasteiger partial charge in [0.15, 0.2) is 0 Å². The first-order chi connectivity index (χ1) is 13.2. The molecule has 1 aliphatic rings. The van der Waals surface area contributed by atoms with E-state index in [-0.39, 0.29) is 23.9 Å². The molecule has 2 amide bonds. The first-order valence-electron chi connectivity index (χ1n) is 10.4. The Bertz CT molecular complexity index is 547. The third-order valence-corrected chi connectivity index (χ3v) is 5.11. The van der Waals surface area contributed by atoms with E-state index in [1.54, 1.807) is 12.4 Å². The van der Waals surface area contributed by atoms with Gasteiger partial charge in [-0.15, -0.1) is 0 Å². The highest BCUT2D eigenvalue weighted by Gasteiger charge is 2.41. The maximum atomic E-state index is 12.8. The Balaban J connectivity index is 2.04. The van der Waals surface area contributed by atoms with Crippen LogP contribution in [0.25, 0.3) is 0 Å². The van der Waals surface area contributed by atoms with Crippen molar-refractivity contribution in [2.75, 3.05) is 18.0 Å². The van der Waals surface area contributed by atoms with E-state index in [1.165, 1.54) is 0 Å². The van der Waals surface area contributed by atoms with Gasteiger partial charge in [-0.1, -0.05) is 39.5 Å². The molecule has 0 radical (unpaired) electrons. The fraction of sp³-hybridized carbons (Fsp3) is 0.667. The Hall–Kier alpha value is -2.11. The van der Waals surface area contributed by atoms with Gasteiger partial charge in [-0.05, 0) is 37.8 Å². The van der Waals surface area contributed by atoms with Crippen molar-refractivity contribution in [3.8, 4) is 0 Å². The predicted octanol–water partition coefficient (Wildman–Crippen LogP) is 3.03. The Morgan fingerprint density at radius 2 is 1.41 bits per heavy atom. The fourth-order valence-electron chi connectivity index (χ4n) is 3.61. The van der Waals surface area contributed by atoms with Crippen LogP contribution in [0.15, 0.2) is 24.5 Å². The largest absolute Gasteiger partial charge is 0.354 e. The molecule has 27 heavy (non-hydrogen) atoms. The highest BCUT2D eigenvalue weighted by atomic mass is 16.2. The molecule has 2 N–H and O–H groups in total. The van der Waals surface area contributed by atoms with E-state index < -0.39 is 0 Å². The highest BCUT2D eigenvalue weighted by molar-refractivity contribution is 5.92. The Kier molecular flexibility index (Phi) is 9.08. The van der Waals surface area contributed by atoms with Crippen molar-refractivity contribution >= 4 is 17.5 Å². The Morgan fingerprint density at radius 1 is 0.926 bits per heavy atom. The monoisotopic (exact) mass is 374 g/mol. The maximum absolute atomic E-state index is 12.8.